The fourth-order valence-corrected chi connectivity index (χ4v) is 1.75. The molecule has 0 spiro atoms. The summed E-state index contributed by atoms with van der Waals surface area (Å²) in [5.41, 5.74) is 1.39. The Labute approximate surface area is 108 Å². The first-order valence-electron chi connectivity index (χ1n) is 5.09. The third-order valence-corrected chi connectivity index (χ3v) is 2.82. The molecule has 2 aromatic rings. The van der Waals surface area contributed by atoms with Gasteiger partial charge in [0, 0.05) is 6.20 Å². The average Bonchev–Trinajstić information content (AvgIpc) is 2.38. The van der Waals surface area contributed by atoms with Gasteiger partial charge in [-0.25, -0.2) is 9.78 Å². The number of nitrogens with zero attached hydrogens (tertiary/aromatic N) is 1. The molecule has 0 aliphatic rings. The molecule has 1 aromatic heterocycles. The fraction of sp³-hybridized carbons (Fsp3) is 0.0769. The molecular formula is C13H10BrNO2. The molecule has 0 unspecified atom stereocenters. The highest BCUT2D eigenvalue weighted by Gasteiger charge is 2.11. The van der Waals surface area contributed by atoms with E-state index >= 15 is 0 Å². The Hall–Kier alpha value is -1.68. The number of carbonyl (C=O) groups excluding carboxylic acids is 1. The van der Waals surface area contributed by atoms with Gasteiger partial charge in [0.25, 0.3) is 0 Å². The van der Waals surface area contributed by atoms with Crippen LogP contribution in [0, 0.1) is 0 Å². The molecule has 0 bridgehead atoms. The van der Waals surface area contributed by atoms with Gasteiger partial charge in [0.05, 0.1) is 5.56 Å². The SMILES string of the molecule is O=C(OCc1ccccc1)c1cccnc1Br. The topological polar surface area (TPSA) is 39.2 Å². The fourth-order valence-electron chi connectivity index (χ4n) is 1.34. The summed E-state index contributed by atoms with van der Waals surface area (Å²) in [7, 11) is 0. The van der Waals surface area contributed by atoms with Crippen LogP contribution in [-0.4, -0.2) is 11.0 Å². The van der Waals surface area contributed by atoms with Crippen molar-refractivity contribution in [3.8, 4) is 0 Å². The van der Waals surface area contributed by atoms with Crippen LogP contribution in [0.4, 0.5) is 0 Å². The smallest absolute Gasteiger partial charge is 0.341 e. The second-order valence-corrected chi connectivity index (χ2v) is 4.15. The van der Waals surface area contributed by atoms with Crippen LogP contribution in [0.25, 0.3) is 0 Å². The molecule has 0 saturated carbocycles. The number of aromatic nitrogens is 1. The molecule has 4 heteroatoms. The lowest BCUT2D eigenvalue weighted by Gasteiger charge is -2.05. The van der Waals surface area contributed by atoms with Crippen molar-refractivity contribution in [1.29, 1.82) is 0 Å². The van der Waals surface area contributed by atoms with Crippen molar-refractivity contribution in [3.63, 3.8) is 0 Å². The molecule has 0 aliphatic heterocycles. The average molecular weight is 292 g/mol. The molecule has 17 heavy (non-hydrogen) atoms. The molecule has 3 nitrogen and oxygen atoms in total. The summed E-state index contributed by atoms with van der Waals surface area (Å²) in [6.07, 6.45) is 1.61. The van der Waals surface area contributed by atoms with Crippen molar-refractivity contribution in [3.05, 3.63) is 64.4 Å². The highest BCUT2D eigenvalue weighted by atomic mass is 79.9. The zero-order chi connectivity index (χ0) is 12.1. The summed E-state index contributed by atoms with van der Waals surface area (Å²) in [4.78, 5) is 15.7. The summed E-state index contributed by atoms with van der Waals surface area (Å²) in [6.45, 7) is 0.265. The molecule has 0 fully saturated rings. The van der Waals surface area contributed by atoms with Gasteiger partial charge < -0.3 is 4.74 Å². The van der Waals surface area contributed by atoms with Crippen LogP contribution in [0.3, 0.4) is 0 Å². The molecular weight excluding hydrogens is 282 g/mol. The van der Waals surface area contributed by atoms with E-state index in [1.807, 2.05) is 30.3 Å². The van der Waals surface area contributed by atoms with Gasteiger partial charge in [0.1, 0.15) is 11.2 Å². The number of carbonyl (C=O) groups is 1. The van der Waals surface area contributed by atoms with E-state index in [1.165, 1.54) is 0 Å². The number of ether oxygens (including phenoxy) is 1. The van der Waals surface area contributed by atoms with Gasteiger partial charge in [0.2, 0.25) is 0 Å². The lowest BCUT2D eigenvalue weighted by atomic mass is 10.2. The van der Waals surface area contributed by atoms with Crippen LogP contribution in [0.1, 0.15) is 15.9 Å². The number of benzene rings is 1. The van der Waals surface area contributed by atoms with Gasteiger partial charge in [-0.15, -0.1) is 0 Å². The van der Waals surface area contributed by atoms with E-state index in [9.17, 15) is 4.79 Å². The van der Waals surface area contributed by atoms with E-state index in [4.69, 9.17) is 4.74 Å². The summed E-state index contributed by atoms with van der Waals surface area (Å²) in [5, 5.41) is 0. The lowest BCUT2D eigenvalue weighted by Crippen LogP contribution is -2.06. The first kappa shape index (κ1) is 11.8. The van der Waals surface area contributed by atoms with E-state index in [0.29, 0.717) is 10.2 Å². The molecule has 0 saturated heterocycles. The van der Waals surface area contributed by atoms with Crippen LogP contribution in [0.2, 0.25) is 0 Å². The number of hydrogen-bond acceptors (Lipinski definition) is 3. The standard InChI is InChI=1S/C13H10BrNO2/c14-12-11(7-4-8-15-12)13(16)17-9-10-5-2-1-3-6-10/h1-8H,9H2. The summed E-state index contributed by atoms with van der Waals surface area (Å²) >= 11 is 3.21. The molecule has 2 rings (SSSR count). The van der Waals surface area contributed by atoms with E-state index in [0.717, 1.165) is 5.56 Å². The first-order chi connectivity index (χ1) is 8.27. The van der Waals surface area contributed by atoms with E-state index < -0.39 is 0 Å². The summed E-state index contributed by atoms with van der Waals surface area (Å²) in [6, 6.07) is 12.9. The zero-order valence-corrected chi connectivity index (χ0v) is 10.6. The van der Waals surface area contributed by atoms with Crippen LogP contribution in [0.15, 0.2) is 53.3 Å². The van der Waals surface area contributed by atoms with Crippen LogP contribution >= 0.6 is 15.9 Å². The Morgan fingerprint density at radius 3 is 2.65 bits per heavy atom. The molecule has 0 amide bonds. The largest absolute Gasteiger partial charge is 0.457 e. The van der Waals surface area contributed by atoms with Gasteiger partial charge in [-0.05, 0) is 33.6 Å². The minimum Gasteiger partial charge on any atom is -0.457 e. The second-order valence-electron chi connectivity index (χ2n) is 3.40. The predicted octanol–water partition coefficient (Wildman–Crippen LogP) is 3.20. The Bertz CT molecular complexity index is 514. The van der Waals surface area contributed by atoms with Crippen molar-refractivity contribution in [2.45, 2.75) is 6.61 Å². The second kappa shape index (κ2) is 5.59. The highest BCUT2D eigenvalue weighted by molar-refractivity contribution is 9.10. The maximum Gasteiger partial charge on any atom is 0.341 e. The van der Waals surface area contributed by atoms with Gasteiger partial charge in [0.15, 0.2) is 0 Å². The number of pyridine rings is 1. The zero-order valence-electron chi connectivity index (χ0n) is 8.97. The third-order valence-electron chi connectivity index (χ3n) is 2.19. The van der Waals surface area contributed by atoms with E-state index in [2.05, 4.69) is 20.9 Å². The summed E-state index contributed by atoms with van der Waals surface area (Å²) in [5.74, 6) is -0.381. The van der Waals surface area contributed by atoms with Crippen LogP contribution in [-0.2, 0) is 11.3 Å². The molecule has 0 radical (unpaired) electrons. The van der Waals surface area contributed by atoms with E-state index in [1.54, 1.807) is 18.3 Å². The van der Waals surface area contributed by atoms with Crippen molar-refractivity contribution in [1.82, 2.24) is 4.98 Å². The molecule has 0 aliphatic carbocycles. The maximum atomic E-state index is 11.7. The first-order valence-corrected chi connectivity index (χ1v) is 5.88. The Kier molecular flexibility index (Phi) is 3.88. The highest BCUT2D eigenvalue weighted by Crippen LogP contribution is 2.14. The monoisotopic (exact) mass is 291 g/mol. The molecule has 1 aromatic carbocycles. The van der Waals surface area contributed by atoms with Gasteiger partial charge >= 0.3 is 5.97 Å². The predicted molar refractivity (Wildman–Crippen MR) is 67.5 cm³/mol. The van der Waals surface area contributed by atoms with Crippen LogP contribution in [0.5, 0.6) is 0 Å². The van der Waals surface area contributed by atoms with Gasteiger partial charge in [-0.3, -0.25) is 0 Å². The Morgan fingerprint density at radius 1 is 1.18 bits per heavy atom. The van der Waals surface area contributed by atoms with E-state index in [-0.39, 0.29) is 12.6 Å². The summed E-state index contributed by atoms with van der Waals surface area (Å²) < 4.78 is 5.68. The minimum atomic E-state index is -0.381. The minimum absolute atomic E-state index is 0.265. The van der Waals surface area contributed by atoms with Crippen molar-refractivity contribution >= 4 is 21.9 Å². The lowest BCUT2D eigenvalue weighted by molar-refractivity contribution is 0.0471. The van der Waals surface area contributed by atoms with Crippen molar-refractivity contribution in [2.24, 2.45) is 0 Å². The van der Waals surface area contributed by atoms with Gasteiger partial charge in [-0.2, -0.15) is 0 Å². The van der Waals surface area contributed by atoms with Crippen LogP contribution < -0.4 is 0 Å². The number of hydrogen-bond donors (Lipinski definition) is 0. The normalized spacial score (nSPS) is 9.94. The molecule has 0 atom stereocenters. The molecule has 1 heterocycles. The number of rotatable bonds is 3. The number of halogens is 1. The Balaban J connectivity index is 2.01. The number of esters is 1. The quantitative estimate of drug-likeness (QED) is 0.644. The Morgan fingerprint density at radius 2 is 1.94 bits per heavy atom. The maximum absolute atomic E-state index is 11.7. The third kappa shape index (κ3) is 3.14. The van der Waals surface area contributed by atoms with Crippen molar-refractivity contribution < 1.29 is 9.53 Å². The van der Waals surface area contributed by atoms with Crippen molar-refractivity contribution in [2.75, 3.05) is 0 Å². The molecule has 0 N–H and O–H groups in total. The van der Waals surface area contributed by atoms with Gasteiger partial charge in [-0.1, -0.05) is 30.3 Å². The molecule has 86 valence electrons.